The van der Waals surface area contributed by atoms with E-state index in [-0.39, 0.29) is 17.3 Å². The lowest BCUT2D eigenvalue weighted by atomic mass is 10.1. The van der Waals surface area contributed by atoms with Crippen LogP contribution in [0.5, 0.6) is 0 Å². The summed E-state index contributed by atoms with van der Waals surface area (Å²) in [7, 11) is -4.15. The summed E-state index contributed by atoms with van der Waals surface area (Å²) in [6.45, 7) is 7.36. The number of hydrogen-bond donors (Lipinski definition) is 1. The lowest BCUT2D eigenvalue weighted by molar-refractivity contribution is -0.140. The predicted octanol–water partition coefficient (Wildman–Crippen LogP) is 6.53. The SMILES string of the molecule is CCCCNC(=O)C(CC)N(Cc1c(Cl)cccc1Cl)C(=O)CN(c1ccccc1C)S(=O)(=O)c1ccc(C)cc1. The van der Waals surface area contributed by atoms with Gasteiger partial charge in [0.05, 0.1) is 10.6 Å². The first-order valence-corrected chi connectivity index (χ1v) is 15.9. The van der Waals surface area contributed by atoms with Crippen LogP contribution in [-0.4, -0.2) is 44.3 Å². The second kappa shape index (κ2) is 14.7. The maximum absolute atomic E-state index is 14.2. The highest BCUT2D eigenvalue weighted by Gasteiger charge is 2.34. The summed E-state index contributed by atoms with van der Waals surface area (Å²) < 4.78 is 29.1. The average Bonchev–Trinajstić information content (AvgIpc) is 2.94. The number of unbranched alkanes of at least 4 members (excludes halogenated alkanes) is 1. The molecule has 0 saturated heterocycles. The van der Waals surface area contributed by atoms with Crippen molar-refractivity contribution >= 4 is 50.7 Å². The van der Waals surface area contributed by atoms with Gasteiger partial charge in [0.2, 0.25) is 11.8 Å². The van der Waals surface area contributed by atoms with E-state index in [0.29, 0.717) is 39.8 Å². The molecule has 0 aliphatic heterocycles. The van der Waals surface area contributed by atoms with Gasteiger partial charge >= 0.3 is 0 Å². The third-order valence-corrected chi connectivity index (χ3v) is 9.36. The third kappa shape index (κ3) is 8.03. The molecule has 3 aromatic carbocycles. The number of rotatable bonds is 13. The normalized spacial score (nSPS) is 12.0. The predicted molar refractivity (Wildman–Crippen MR) is 166 cm³/mol. The van der Waals surface area contributed by atoms with Gasteiger partial charge < -0.3 is 10.2 Å². The molecular weight excluding hydrogens is 581 g/mol. The number of nitrogens with zero attached hydrogens (tertiary/aromatic N) is 2. The van der Waals surface area contributed by atoms with E-state index in [1.165, 1.54) is 17.0 Å². The van der Waals surface area contributed by atoms with Crippen LogP contribution >= 0.6 is 23.2 Å². The Balaban J connectivity index is 2.09. The fourth-order valence-corrected chi connectivity index (χ4v) is 6.47. The molecule has 1 unspecified atom stereocenters. The van der Waals surface area contributed by atoms with Crippen LogP contribution in [0.2, 0.25) is 10.0 Å². The van der Waals surface area contributed by atoms with Crippen molar-refractivity contribution in [1.29, 1.82) is 0 Å². The van der Waals surface area contributed by atoms with Crippen LogP contribution in [0.4, 0.5) is 5.69 Å². The topological polar surface area (TPSA) is 86.8 Å². The van der Waals surface area contributed by atoms with Crippen molar-refractivity contribution in [1.82, 2.24) is 10.2 Å². The average molecular weight is 619 g/mol. The van der Waals surface area contributed by atoms with E-state index in [4.69, 9.17) is 23.2 Å². The van der Waals surface area contributed by atoms with Crippen LogP contribution in [0.25, 0.3) is 0 Å². The quantitative estimate of drug-likeness (QED) is 0.221. The molecule has 220 valence electrons. The summed E-state index contributed by atoms with van der Waals surface area (Å²) in [6.07, 6.45) is 2.00. The molecule has 41 heavy (non-hydrogen) atoms. The lowest BCUT2D eigenvalue weighted by Gasteiger charge is -2.34. The summed E-state index contributed by atoms with van der Waals surface area (Å²) in [6, 6.07) is 17.6. The van der Waals surface area contributed by atoms with E-state index in [9.17, 15) is 18.0 Å². The number of nitrogens with one attached hydrogen (secondary N) is 1. The number of carbonyl (C=O) groups is 2. The molecular formula is C31H37Cl2N3O4S. The van der Waals surface area contributed by atoms with Crippen molar-refractivity contribution in [2.24, 2.45) is 0 Å². The molecule has 7 nitrogen and oxygen atoms in total. The molecule has 0 aliphatic rings. The highest BCUT2D eigenvalue weighted by atomic mass is 35.5. The van der Waals surface area contributed by atoms with Gasteiger partial charge in [0.25, 0.3) is 10.0 Å². The highest BCUT2D eigenvalue weighted by Crippen LogP contribution is 2.30. The van der Waals surface area contributed by atoms with E-state index >= 15 is 0 Å². The number of sulfonamides is 1. The van der Waals surface area contributed by atoms with Crippen molar-refractivity contribution in [3.05, 3.63) is 93.5 Å². The Labute approximate surface area is 253 Å². The number of aryl methyl sites for hydroxylation is 2. The van der Waals surface area contributed by atoms with Gasteiger partial charge in [-0.2, -0.15) is 0 Å². The van der Waals surface area contributed by atoms with Gasteiger partial charge in [-0.25, -0.2) is 8.42 Å². The van der Waals surface area contributed by atoms with Crippen LogP contribution < -0.4 is 9.62 Å². The number of hydrogen-bond acceptors (Lipinski definition) is 4. The molecule has 0 spiro atoms. The van der Waals surface area contributed by atoms with Gasteiger partial charge in [-0.3, -0.25) is 13.9 Å². The largest absolute Gasteiger partial charge is 0.354 e. The van der Waals surface area contributed by atoms with Crippen molar-refractivity contribution in [2.75, 3.05) is 17.4 Å². The Hall–Kier alpha value is -3.07. The minimum absolute atomic E-state index is 0.0594. The van der Waals surface area contributed by atoms with Gasteiger partial charge in [0, 0.05) is 28.7 Å². The summed E-state index contributed by atoms with van der Waals surface area (Å²) in [5.74, 6) is -0.876. The number of halogens is 2. The van der Waals surface area contributed by atoms with Gasteiger partial charge in [0.15, 0.2) is 0 Å². The highest BCUT2D eigenvalue weighted by molar-refractivity contribution is 7.92. The molecule has 3 aromatic rings. The van der Waals surface area contributed by atoms with Crippen molar-refractivity contribution in [3.63, 3.8) is 0 Å². The van der Waals surface area contributed by atoms with Crippen LogP contribution in [0, 0.1) is 13.8 Å². The Morgan fingerprint density at radius 1 is 0.902 bits per heavy atom. The Kier molecular flexibility index (Phi) is 11.6. The first-order valence-electron chi connectivity index (χ1n) is 13.7. The lowest BCUT2D eigenvalue weighted by Crippen LogP contribution is -2.52. The molecule has 0 bridgehead atoms. The smallest absolute Gasteiger partial charge is 0.264 e. The molecule has 0 fully saturated rings. The molecule has 0 radical (unpaired) electrons. The maximum atomic E-state index is 14.2. The Morgan fingerprint density at radius 2 is 1.54 bits per heavy atom. The van der Waals surface area contributed by atoms with Gasteiger partial charge in [-0.15, -0.1) is 0 Å². The van der Waals surface area contributed by atoms with Crippen LogP contribution in [-0.2, 0) is 26.2 Å². The second-order valence-corrected chi connectivity index (χ2v) is 12.6. The second-order valence-electron chi connectivity index (χ2n) is 9.90. The zero-order valence-electron chi connectivity index (χ0n) is 23.9. The number of carbonyl (C=O) groups excluding carboxylic acids is 2. The third-order valence-electron chi connectivity index (χ3n) is 6.88. The van der Waals surface area contributed by atoms with E-state index in [1.54, 1.807) is 68.4 Å². The fourth-order valence-electron chi connectivity index (χ4n) is 4.47. The summed E-state index contributed by atoms with van der Waals surface area (Å²) >= 11 is 12.9. The number of anilines is 1. The number of benzene rings is 3. The number of amides is 2. The Morgan fingerprint density at radius 3 is 2.12 bits per heavy atom. The van der Waals surface area contributed by atoms with Crippen molar-refractivity contribution in [3.8, 4) is 0 Å². The van der Waals surface area contributed by atoms with Crippen molar-refractivity contribution < 1.29 is 18.0 Å². The Bertz CT molecular complexity index is 1440. The monoisotopic (exact) mass is 617 g/mol. The van der Waals surface area contributed by atoms with Gasteiger partial charge in [-0.1, -0.05) is 85.4 Å². The van der Waals surface area contributed by atoms with E-state index in [2.05, 4.69) is 5.32 Å². The first-order chi connectivity index (χ1) is 19.5. The number of para-hydroxylation sites is 1. The molecule has 2 amide bonds. The summed E-state index contributed by atoms with van der Waals surface area (Å²) in [5, 5.41) is 3.60. The zero-order chi connectivity index (χ0) is 30.2. The molecule has 3 rings (SSSR count). The minimum Gasteiger partial charge on any atom is -0.354 e. The van der Waals surface area contributed by atoms with Crippen LogP contribution in [0.3, 0.4) is 0 Å². The molecule has 10 heteroatoms. The zero-order valence-corrected chi connectivity index (χ0v) is 26.2. The molecule has 0 aliphatic carbocycles. The fraction of sp³-hybridized carbons (Fsp3) is 0.355. The molecule has 0 heterocycles. The van der Waals surface area contributed by atoms with Gasteiger partial charge in [-0.05, 0) is 62.6 Å². The standard InChI is InChI=1S/C31H37Cl2N3O4S/c1-5-7-19-34-31(38)28(6-2)35(20-25-26(32)12-10-13-27(25)33)30(37)21-36(29-14-9-8-11-23(29)4)41(39,40)24-17-15-22(3)16-18-24/h8-18,28H,5-7,19-21H2,1-4H3,(H,34,38). The van der Waals surface area contributed by atoms with Crippen molar-refractivity contribution in [2.45, 2.75) is 64.4 Å². The van der Waals surface area contributed by atoms with Gasteiger partial charge in [0.1, 0.15) is 12.6 Å². The summed E-state index contributed by atoms with van der Waals surface area (Å²) in [5.41, 5.74) is 2.44. The van der Waals surface area contributed by atoms with E-state index in [1.807, 2.05) is 13.8 Å². The molecule has 1 atom stereocenters. The minimum atomic E-state index is -4.15. The summed E-state index contributed by atoms with van der Waals surface area (Å²) in [4.78, 5) is 28.9. The van der Waals surface area contributed by atoms with E-state index in [0.717, 1.165) is 22.7 Å². The van der Waals surface area contributed by atoms with Crippen LogP contribution in [0.15, 0.2) is 71.6 Å². The molecule has 0 aromatic heterocycles. The van der Waals surface area contributed by atoms with Crippen LogP contribution in [0.1, 0.15) is 49.8 Å². The molecule has 0 saturated carbocycles. The maximum Gasteiger partial charge on any atom is 0.264 e. The molecule has 1 N–H and O–H groups in total. The first kappa shape index (κ1) is 32.4. The van der Waals surface area contributed by atoms with E-state index < -0.39 is 28.5 Å².